The molecule has 0 bridgehead atoms. The number of H-pyrrole nitrogens is 1. The molecule has 8 nitrogen and oxygen atoms in total. The van der Waals surface area contributed by atoms with Gasteiger partial charge in [-0.2, -0.15) is 13.9 Å². The highest BCUT2D eigenvalue weighted by Crippen LogP contribution is 2.20. The Labute approximate surface area is 195 Å². The second-order valence-corrected chi connectivity index (χ2v) is 6.10. The van der Waals surface area contributed by atoms with Crippen molar-refractivity contribution in [3.63, 3.8) is 0 Å². The fourth-order valence-corrected chi connectivity index (χ4v) is 2.67. The van der Waals surface area contributed by atoms with Crippen molar-refractivity contribution >= 4 is 29.9 Å². The van der Waals surface area contributed by atoms with E-state index in [-0.39, 0.29) is 36.3 Å². The maximum atomic E-state index is 12.5. The number of methoxy groups -OCH3 is 1. The van der Waals surface area contributed by atoms with E-state index in [0.717, 1.165) is 11.3 Å². The standard InChI is InChI=1S/C20H22F2N6O2.HI/c1-23-20(24-11-14-5-3-4-6-16(14)30-19(21)22)25-12-17-26-18(28-27-17)13-7-9-15(29-2)10-8-13;/h3-10,19H,11-12H2,1-2H3,(H2,23,24,25)(H,26,27,28);1H. The van der Waals surface area contributed by atoms with Crippen LogP contribution in [-0.4, -0.2) is 41.9 Å². The fourth-order valence-electron chi connectivity index (χ4n) is 2.67. The van der Waals surface area contributed by atoms with Gasteiger partial charge in [0.1, 0.15) is 17.3 Å². The lowest BCUT2D eigenvalue weighted by molar-refractivity contribution is -0.0504. The van der Waals surface area contributed by atoms with E-state index in [4.69, 9.17) is 4.74 Å². The molecule has 0 atom stereocenters. The molecule has 0 saturated carbocycles. The van der Waals surface area contributed by atoms with E-state index in [1.54, 1.807) is 32.4 Å². The van der Waals surface area contributed by atoms with Gasteiger partial charge in [0, 0.05) is 24.7 Å². The van der Waals surface area contributed by atoms with Crippen LogP contribution in [0.2, 0.25) is 0 Å². The SMILES string of the molecule is CN=C(NCc1nc(-c2ccc(OC)cc2)n[nH]1)NCc1ccccc1OC(F)F.I. The van der Waals surface area contributed by atoms with Crippen LogP contribution in [-0.2, 0) is 13.1 Å². The smallest absolute Gasteiger partial charge is 0.387 e. The number of rotatable bonds is 8. The molecule has 1 heterocycles. The van der Waals surface area contributed by atoms with Crippen LogP contribution in [0.5, 0.6) is 11.5 Å². The molecule has 0 unspecified atom stereocenters. The molecule has 0 radical (unpaired) electrons. The second kappa shape index (κ2) is 12.0. The van der Waals surface area contributed by atoms with Crippen LogP contribution in [0, 0.1) is 0 Å². The zero-order valence-corrected chi connectivity index (χ0v) is 19.3. The number of nitrogens with zero attached hydrogens (tertiary/aromatic N) is 3. The Hall–Kier alpha value is -2.96. The van der Waals surface area contributed by atoms with Gasteiger partial charge in [-0.15, -0.1) is 24.0 Å². The summed E-state index contributed by atoms with van der Waals surface area (Å²) in [5.41, 5.74) is 1.44. The van der Waals surface area contributed by atoms with Gasteiger partial charge in [0.15, 0.2) is 11.8 Å². The van der Waals surface area contributed by atoms with Gasteiger partial charge < -0.3 is 20.1 Å². The van der Waals surface area contributed by atoms with E-state index < -0.39 is 6.61 Å². The van der Waals surface area contributed by atoms with E-state index in [1.807, 2.05) is 24.3 Å². The third-order valence-corrected chi connectivity index (χ3v) is 4.16. The summed E-state index contributed by atoms with van der Waals surface area (Å²) in [6, 6.07) is 14.0. The first-order valence-electron chi connectivity index (χ1n) is 9.12. The molecule has 0 aliphatic rings. The van der Waals surface area contributed by atoms with Crippen molar-refractivity contribution in [2.24, 2.45) is 4.99 Å². The van der Waals surface area contributed by atoms with Crippen molar-refractivity contribution in [3.05, 3.63) is 59.9 Å². The highest BCUT2D eigenvalue weighted by molar-refractivity contribution is 14.0. The van der Waals surface area contributed by atoms with Crippen molar-refractivity contribution in [3.8, 4) is 22.9 Å². The van der Waals surface area contributed by atoms with Gasteiger partial charge >= 0.3 is 6.61 Å². The fraction of sp³-hybridized carbons (Fsp3) is 0.250. The molecule has 2 aromatic carbocycles. The van der Waals surface area contributed by atoms with Gasteiger partial charge in [-0.25, -0.2) is 4.98 Å². The van der Waals surface area contributed by atoms with E-state index in [0.29, 0.717) is 29.7 Å². The Morgan fingerprint density at radius 2 is 1.81 bits per heavy atom. The summed E-state index contributed by atoms with van der Waals surface area (Å²) in [6.45, 7) is -2.27. The molecule has 0 saturated heterocycles. The molecule has 0 fully saturated rings. The summed E-state index contributed by atoms with van der Waals surface area (Å²) in [4.78, 5) is 8.57. The normalized spacial score (nSPS) is 11.1. The Balaban J connectivity index is 0.00000341. The van der Waals surface area contributed by atoms with Crippen molar-refractivity contribution in [1.82, 2.24) is 25.8 Å². The largest absolute Gasteiger partial charge is 0.497 e. The molecular weight excluding hydrogens is 521 g/mol. The number of aromatic amines is 1. The molecule has 3 N–H and O–H groups in total. The Kier molecular flexibility index (Phi) is 9.43. The predicted molar refractivity (Wildman–Crippen MR) is 124 cm³/mol. The van der Waals surface area contributed by atoms with Gasteiger partial charge in [0.2, 0.25) is 0 Å². The lowest BCUT2D eigenvalue weighted by atomic mass is 10.2. The molecule has 11 heteroatoms. The van der Waals surface area contributed by atoms with Gasteiger partial charge in [-0.1, -0.05) is 18.2 Å². The molecule has 3 aromatic rings. The summed E-state index contributed by atoms with van der Waals surface area (Å²) in [5, 5.41) is 13.2. The lowest BCUT2D eigenvalue weighted by Crippen LogP contribution is -2.36. The number of alkyl halides is 2. The minimum atomic E-state index is -2.88. The van der Waals surface area contributed by atoms with Gasteiger partial charge in [-0.3, -0.25) is 10.1 Å². The van der Waals surface area contributed by atoms with E-state index in [2.05, 4.69) is 35.5 Å². The van der Waals surface area contributed by atoms with E-state index >= 15 is 0 Å². The number of nitrogens with one attached hydrogen (secondary N) is 3. The summed E-state index contributed by atoms with van der Waals surface area (Å²) in [6.07, 6.45) is 0. The molecule has 0 aliphatic heterocycles. The number of para-hydroxylation sites is 1. The molecule has 0 amide bonds. The summed E-state index contributed by atoms with van der Waals surface area (Å²) in [7, 11) is 3.22. The average Bonchev–Trinajstić information content (AvgIpc) is 3.23. The van der Waals surface area contributed by atoms with Crippen LogP contribution >= 0.6 is 24.0 Å². The van der Waals surface area contributed by atoms with Crippen LogP contribution in [0.4, 0.5) is 8.78 Å². The Morgan fingerprint density at radius 1 is 1.10 bits per heavy atom. The number of guanidine groups is 1. The van der Waals surface area contributed by atoms with Crippen molar-refractivity contribution in [2.75, 3.05) is 14.2 Å². The monoisotopic (exact) mass is 544 g/mol. The molecule has 1 aromatic heterocycles. The molecule has 0 spiro atoms. The number of halogens is 3. The van der Waals surface area contributed by atoms with Crippen LogP contribution in [0.15, 0.2) is 53.5 Å². The molecular formula is C20H23F2IN6O2. The molecule has 0 aliphatic carbocycles. The number of ether oxygens (including phenoxy) is 2. The first-order chi connectivity index (χ1) is 14.6. The number of aliphatic imine (C=N–C) groups is 1. The van der Waals surface area contributed by atoms with Crippen LogP contribution in [0.1, 0.15) is 11.4 Å². The minimum absolute atomic E-state index is 0. The van der Waals surface area contributed by atoms with Crippen molar-refractivity contribution in [2.45, 2.75) is 19.7 Å². The van der Waals surface area contributed by atoms with E-state index in [9.17, 15) is 8.78 Å². The summed E-state index contributed by atoms with van der Waals surface area (Å²) < 4.78 is 34.8. The maximum absolute atomic E-state index is 12.5. The number of hydrogen-bond donors (Lipinski definition) is 3. The zero-order chi connectivity index (χ0) is 21.3. The number of aromatic nitrogens is 3. The minimum Gasteiger partial charge on any atom is -0.497 e. The third-order valence-electron chi connectivity index (χ3n) is 4.16. The lowest BCUT2D eigenvalue weighted by Gasteiger charge is -2.14. The highest BCUT2D eigenvalue weighted by Gasteiger charge is 2.10. The zero-order valence-electron chi connectivity index (χ0n) is 16.9. The summed E-state index contributed by atoms with van der Waals surface area (Å²) >= 11 is 0. The first kappa shape index (κ1) is 24.3. The van der Waals surface area contributed by atoms with Crippen LogP contribution in [0.3, 0.4) is 0 Å². The molecule has 166 valence electrons. The van der Waals surface area contributed by atoms with Crippen molar-refractivity contribution in [1.29, 1.82) is 0 Å². The third kappa shape index (κ3) is 7.05. The molecule has 31 heavy (non-hydrogen) atoms. The van der Waals surface area contributed by atoms with Gasteiger partial charge in [-0.05, 0) is 30.3 Å². The molecule has 3 rings (SSSR count). The van der Waals surface area contributed by atoms with Gasteiger partial charge in [0.05, 0.1) is 13.7 Å². The number of benzene rings is 2. The first-order valence-corrected chi connectivity index (χ1v) is 9.12. The van der Waals surface area contributed by atoms with Crippen LogP contribution < -0.4 is 20.1 Å². The van der Waals surface area contributed by atoms with Crippen LogP contribution in [0.25, 0.3) is 11.4 Å². The number of hydrogen-bond acceptors (Lipinski definition) is 5. The quantitative estimate of drug-likeness (QED) is 0.228. The second-order valence-electron chi connectivity index (χ2n) is 6.10. The topological polar surface area (TPSA) is 96.5 Å². The Bertz CT molecular complexity index is 982. The van der Waals surface area contributed by atoms with E-state index in [1.165, 1.54) is 6.07 Å². The summed E-state index contributed by atoms with van der Waals surface area (Å²) in [5.74, 6) is 2.53. The highest BCUT2D eigenvalue weighted by atomic mass is 127. The predicted octanol–water partition coefficient (Wildman–Crippen LogP) is 3.56. The van der Waals surface area contributed by atoms with Gasteiger partial charge in [0.25, 0.3) is 0 Å². The Morgan fingerprint density at radius 3 is 2.48 bits per heavy atom. The maximum Gasteiger partial charge on any atom is 0.387 e. The average molecular weight is 544 g/mol. The van der Waals surface area contributed by atoms with Crippen molar-refractivity contribution < 1.29 is 18.3 Å².